The first kappa shape index (κ1) is 21.4. The average molecular weight is 440 g/mol. The van der Waals surface area contributed by atoms with Gasteiger partial charge in [0.15, 0.2) is 11.7 Å². The standard InChI is InChI=1S/C23H19F3N4O2/c1-15-3-5-16(6-4-15)20-14-27-22(32-20)10-9-21(31)29-18-13-17(23(24,25)26)7-8-19(18)30-12-2-11-28-30/h2-8,11-14H,9-10H2,1H3,(H,29,31). The molecule has 9 heteroatoms. The maximum absolute atomic E-state index is 13.2. The normalized spacial score (nSPS) is 11.5. The van der Waals surface area contributed by atoms with Gasteiger partial charge in [0.2, 0.25) is 5.91 Å². The number of aromatic nitrogens is 3. The van der Waals surface area contributed by atoms with Gasteiger partial charge in [0.25, 0.3) is 0 Å². The number of nitrogens with one attached hydrogen (secondary N) is 1. The Balaban J connectivity index is 1.46. The zero-order valence-corrected chi connectivity index (χ0v) is 17.1. The highest BCUT2D eigenvalue weighted by molar-refractivity contribution is 5.93. The highest BCUT2D eigenvalue weighted by atomic mass is 19.4. The number of rotatable bonds is 6. The van der Waals surface area contributed by atoms with E-state index in [0.29, 0.717) is 17.3 Å². The lowest BCUT2D eigenvalue weighted by atomic mass is 10.1. The first-order valence-electron chi connectivity index (χ1n) is 9.82. The molecule has 6 nitrogen and oxygen atoms in total. The molecule has 0 unspecified atom stereocenters. The van der Waals surface area contributed by atoms with Crippen LogP contribution in [0.2, 0.25) is 0 Å². The van der Waals surface area contributed by atoms with Crippen LogP contribution in [0.25, 0.3) is 17.0 Å². The van der Waals surface area contributed by atoms with Gasteiger partial charge in [-0.2, -0.15) is 18.3 Å². The van der Waals surface area contributed by atoms with Crippen molar-refractivity contribution < 1.29 is 22.4 Å². The van der Waals surface area contributed by atoms with Crippen LogP contribution >= 0.6 is 0 Å². The van der Waals surface area contributed by atoms with Gasteiger partial charge in [0.1, 0.15) is 0 Å². The van der Waals surface area contributed by atoms with Crippen molar-refractivity contribution in [3.63, 3.8) is 0 Å². The molecule has 0 spiro atoms. The first-order valence-corrected chi connectivity index (χ1v) is 9.82. The summed E-state index contributed by atoms with van der Waals surface area (Å²) in [5, 5.41) is 6.59. The zero-order valence-electron chi connectivity index (χ0n) is 17.1. The number of halogens is 3. The molecule has 2 aromatic heterocycles. The highest BCUT2D eigenvalue weighted by Gasteiger charge is 2.31. The number of nitrogens with zero attached hydrogens (tertiary/aromatic N) is 3. The SMILES string of the molecule is Cc1ccc(-c2cnc(CCC(=O)Nc3cc(C(F)(F)F)ccc3-n3cccn3)o2)cc1. The number of anilines is 1. The fourth-order valence-electron chi connectivity index (χ4n) is 3.13. The van der Waals surface area contributed by atoms with Crippen molar-refractivity contribution in [3.8, 4) is 17.0 Å². The molecule has 4 aromatic rings. The molecule has 0 radical (unpaired) electrons. The van der Waals surface area contributed by atoms with Crippen LogP contribution < -0.4 is 5.32 Å². The summed E-state index contributed by atoms with van der Waals surface area (Å²) in [5.41, 5.74) is 1.47. The van der Waals surface area contributed by atoms with Gasteiger partial charge in [-0.3, -0.25) is 4.79 Å². The van der Waals surface area contributed by atoms with Crippen molar-refractivity contribution in [3.05, 3.63) is 84.1 Å². The van der Waals surface area contributed by atoms with Gasteiger partial charge in [-0.05, 0) is 31.2 Å². The van der Waals surface area contributed by atoms with Gasteiger partial charge in [-0.1, -0.05) is 29.8 Å². The summed E-state index contributed by atoms with van der Waals surface area (Å²) in [6.45, 7) is 1.98. The Morgan fingerprint density at radius 2 is 1.94 bits per heavy atom. The van der Waals surface area contributed by atoms with Crippen molar-refractivity contribution in [1.82, 2.24) is 14.8 Å². The molecule has 1 amide bonds. The van der Waals surface area contributed by atoms with Crippen molar-refractivity contribution in [2.75, 3.05) is 5.32 Å². The number of carbonyl (C=O) groups is 1. The molecule has 2 aromatic carbocycles. The van der Waals surface area contributed by atoms with E-state index in [-0.39, 0.29) is 18.5 Å². The minimum absolute atomic E-state index is 0.0113. The quantitative estimate of drug-likeness (QED) is 0.434. The molecule has 0 fully saturated rings. The third-order valence-corrected chi connectivity index (χ3v) is 4.80. The van der Waals surface area contributed by atoms with E-state index in [1.807, 2.05) is 31.2 Å². The number of amides is 1. The Morgan fingerprint density at radius 1 is 1.16 bits per heavy atom. The van der Waals surface area contributed by atoms with Crippen molar-refractivity contribution in [2.24, 2.45) is 0 Å². The van der Waals surface area contributed by atoms with Crippen LogP contribution in [0.15, 0.2) is 71.5 Å². The molecule has 0 atom stereocenters. The van der Waals surface area contributed by atoms with Crippen LogP contribution in [0.1, 0.15) is 23.4 Å². The minimum Gasteiger partial charge on any atom is -0.441 e. The average Bonchev–Trinajstić information content (AvgIpc) is 3.44. The fraction of sp³-hybridized carbons (Fsp3) is 0.174. The molecule has 0 aliphatic heterocycles. The van der Waals surface area contributed by atoms with E-state index in [1.54, 1.807) is 18.5 Å². The summed E-state index contributed by atoms with van der Waals surface area (Å²) in [5.74, 6) is 0.485. The summed E-state index contributed by atoms with van der Waals surface area (Å²) in [7, 11) is 0. The van der Waals surface area contributed by atoms with Gasteiger partial charge < -0.3 is 9.73 Å². The van der Waals surface area contributed by atoms with Crippen molar-refractivity contribution in [1.29, 1.82) is 0 Å². The summed E-state index contributed by atoms with van der Waals surface area (Å²) in [6.07, 6.45) is 0.318. The Labute approximate surface area is 181 Å². The number of hydrogen-bond acceptors (Lipinski definition) is 4. The van der Waals surface area contributed by atoms with E-state index in [1.165, 1.54) is 16.9 Å². The number of oxazole rings is 1. The van der Waals surface area contributed by atoms with E-state index >= 15 is 0 Å². The van der Waals surface area contributed by atoms with Gasteiger partial charge in [0.05, 0.1) is 23.1 Å². The molecule has 2 heterocycles. The van der Waals surface area contributed by atoms with Crippen LogP contribution in [-0.4, -0.2) is 20.7 Å². The predicted octanol–water partition coefficient (Wildman–Crippen LogP) is 5.43. The molecular formula is C23H19F3N4O2. The number of carbonyl (C=O) groups excluding carboxylic acids is 1. The molecule has 0 aliphatic carbocycles. The lowest BCUT2D eigenvalue weighted by Crippen LogP contribution is -2.16. The number of hydrogen-bond donors (Lipinski definition) is 1. The van der Waals surface area contributed by atoms with E-state index in [2.05, 4.69) is 15.4 Å². The van der Waals surface area contributed by atoms with Crippen LogP contribution in [0, 0.1) is 6.92 Å². The highest BCUT2D eigenvalue weighted by Crippen LogP contribution is 2.33. The first-order chi connectivity index (χ1) is 15.3. The molecule has 0 saturated heterocycles. The van der Waals surface area contributed by atoms with Crippen LogP contribution in [0.4, 0.5) is 18.9 Å². The van der Waals surface area contributed by atoms with Gasteiger partial charge >= 0.3 is 6.18 Å². The largest absolute Gasteiger partial charge is 0.441 e. The molecule has 164 valence electrons. The number of alkyl halides is 3. The van der Waals surface area contributed by atoms with Crippen LogP contribution in [0.3, 0.4) is 0 Å². The Bertz CT molecular complexity index is 1210. The monoisotopic (exact) mass is 440 g/mol. The molecule has 0 aliphatic rings. The predicted molar refractivity (Wildman–Crippen MR) is 112 cm³/mol. The lowest BCUT2D eigenvalue weighted by molar-refractivity contribution is -0.137. The second-order valence-electron chi connectivity index (χ2n) is 7.21. The van der Waals surface area contributed by atoms with Crippen LogP contribution in [0.5, 0.6) is 0 Å². The number of benzene rings is 2. The summed E-state index contributed by atoms with van der Waals surface area (Å²) in [4.78, 5) is 16.7. The van der Waals surface area contributed by atoms with E-state index in [0.717, 1.165) is 23.3 Å². The maximum atomic E-state index is 13.2. The topological polar surface area (TPSA) is 73.0 Å². The maximum Gasteiger partial charge on any atom is 0.416 e. The Morgan fingerprint density at radius 3 is 2.62 bits per heavy atom. The summed E-state index contributed by atoms with van der Waals surface area (Å²) < 4.78 is 46.6. The molecular weight excluding hydrogens is 421 g/mol. The molecule has 4 rings (SSSR count). The molecule has 32 heavy (non-hydrogen) atoms. The third-order valence-electron chi connectivity index (χ3n) is 4.80. The van der Waals surface area contributed by atoms with E-state index < -0.39 is 17.6 Å². The van der Waals surface area contributed by atoms with E-state index in [4.69, 9.17) is 4.42 Å². The second kappa shape index (κ2) is 8.70. The third kappa shape index (κ3) is 4.88. The summed E-state index contributed by atoms with van der Waals surface area (Å²) in [6, 6.07) is 12.5. The van der Waals surface area contributed by atoms with Crippen molar-refractivity contribution >= 4 is 11.6 Å². The Kier molecular flexibility index (Phi) is 5.81. The van der Waals surface area contributed by atoms with Crippen molar-refractivity contribution in [2.45, 2.75) is 25.9 Å². The fourth-order valence-corrected chi connectivity index (χ4v) is 3.13. The van der Waals surface area contributed by atoms with Gasteiger partial charge in [-0.25, -0.2) is 9.67 Å². The second-order valence-corrected chi connectivity index (χ2v) is 7.21. The molecule has 0 bridgehead atoms. The van der Waals surface area contributed by atoms with Gasteiger partial charge in [-0.15, -0.1) is 0 Å². The Hall–Kier alpha value is -3.88. The van der Waals surface area contributed by atoms with Crippen LogP contribution in [-0.2, 0) is 17.4 Å². The van der Waals surface area contributed by atoms with E-state index in [9.17, 15) is 18.0 Å². The lowest BCUT2D eigenvalue weighted by Gasteiger charge is -2.14. The smallest absolute Gasteiger partial charge is 0.416 e. The molecule has 0 saturated carbocycles. The number of aryl methyl sites for hydroxylation is 2. The zero-order chi connectivity index (χ0) is 22.7. The minimum atomic E-state index is -4.54. The molecule has 1 N–H and O–H groups in total. The summed E-state index contributed by atoms with van der Waals surface area (Å²) >= 11 is 0. The van der Waals surface area contributed by atoms with Gasteiger partial charge in [0, 0.05) is 30.8 Å².